The standard InChI is InChI=1S/C18H38N2O3/c1-16(2)15-20(6)18(21)9-7-11-22-13-14-23-12-8-10-19(5)17(3)4/h16-17H,7-15H2,1-6H3. The van der Waals surface area contributed by atoms with Crippen LogP contribution in [0.25, 0.3) is 0 Å². The van der Waals surface area contributed by atoms with Crippen LogP contribution in [0.15, 0.2) is 0 Å². The van der Waals surface area contributed by atoms with Crippen LogP contribution < -0.4 is 0 Å². The van der Waals surface area contributed by atoms with Crippen molar-refractivity contribution in [1.82, 2.24) is 9.80 Å². The van der Waals surface area contributed by atoms with Gasteiger partial charge in [-0.15, -0.1) is 0 Å². The number of carbonyl (C=O) groups excluding carboxylic acids is 1. The fourth-order valence-corrected chi connectivity index (χ4v) is 2.16. The van der Waals surface area contributed by atoms with Crippen LogP contribution in [-0.4, -0.2) is 75.4 Å². The molecule has 0 radical (unpaired) electrons. The number of nitrogens with zero attached hydrogens (tertiary/aromatic N) is 2. The quantitative estimate of drug-likeness (QED) is 0.459. The number of hydrogen-bond acceptors (Lipinski definition) is 4. The van der Waals surface area contributed by atoms with Crippen LogP contribution in [0, 0.1) is 5.92 Å². The molecule has 0 aliphatic heterocycles. The SMILES string of the molecule is CC(C)CN(C)C(=O)CCCOCCOCCCN(C)C(C)C. The molecule has 23 heavy (non-hydrogen) atoms. The first-order valence-corrected chi connectivity index (χ1v) is 8.94. The molecule has 0 saturated carbocycles. The van der Waals surface area contributed by atoms with Gasteiger partial charge in [0.25, 0.3) is 0 Å². The summed E-state index contributed by atoms with van der Waals surface area (Å²) in [5.41, 5.74) is 0. The van der Waals surface area contributed by atoms with Crippen LogP contribution >= 0.6 is 0 Å². The fourth-order valence-electron chi connectivity index (χ4n) is 2.16. The van der Waals surface area contributed by atoms with E-state index in [-0.39, 0.29) is 5.91 Å². The lowest BCUT2D eigenvalue weighted by Gasteiger charge is -2.20. The van der Waals surface area contributed by atoms with Gasteiger partial charge in [-0.25, -0.2) is 0 Å². The molecule has 0 aliphatic carbocycles. The van der Waals surface area contributed by atoms with Gasteiger partial charge in [-0.3, -0.25) is 4.79 Å². The molecular formula is C18H38N2O3. The minimum atomic E-state index is 0.202. The van der Waals surface area contributed by atoms with Crippen LogP contribution in [0.4, 0.5) is 0 Å². The molecule has 0 aromatic heterocycles. The van der Waals surface area contributed by atoms with Gasteiger partial charge in [0.05, 0.1) is 13.2 Å². The summed E-state index contributed by atoms with van der Waals surface area (Å²) >= 11 is 0. The molecule has 0 saturated heterocycles. The minimum Gasteiger partial charge on any atom is -0.379 e. The third kappa shape index (κ3) is 13.5. The summed E-state index contributed by atoms with van der Waals surface area (Å²) in [5.74, 6) is 0.713. The molecule has 0 unspecified atom stereocenters. The second-order valence-electron chi connectivity index (χ2n) is 6.92. The van der Waals surface area contributed by atoms with Crippen molar-refractivity contribution in [2.75, 3.05) is 53.6 Å². The van der Waals surface area contributed by atoms with Gasteiger partial charge in [-0.2, -0.15) is 0 Å². The van der Waals surface area contributed by atoms with Crippen LogP contribution in [0.3, 0.4) is 0 Å². The van der Waals surface area contributed by atoms with Crippen molar-refractivity contribution in [3.63, 3.8) is 0 Å². The highest BCUT2D eigenvalue weighted by molar-refractivity contribution is 5.75. The first-order chi connectivity index (χ1) is 10.8. The molecular weight excluding hydrogens is 292 g/mol. The zero-order chi connectivity index (χ0) is 17.7. The predicted molar refractivity (Wildman–Crippen MR) is 95.7 cm³/mol. The highest BCUT2D eigenvalue weighted by Crippen LogP contribution is 2.01. The van der Waals surface area contributed by atoms with Crippen molar-refractivity contribution in [2.24, 2.45) is 5.92 Å². The van der Waals surface area contributed by atoms with Crippen molar-refractivity contribution >= 4 is 5.91 Å². The molecule has 0 bridgehead atoms. The van der Waals surface area contributed by atoms with Crippen LogP contribution in [0.5, 0.6) is 0 Å². The Kier molecular flexibility index (Phi) is 13.4. The largest absolute Gasteiger partial charge is 0.379 e. The molecule has 0 rings (SSSR count). The second kappa shape index (κ2) is 13.8. The van der Waals surface area contributed by atoms with Gasteiger partial charge in [-0.1, -0.05) is 13.8 Å². The average Bonchev–Trinajstić information content (AvgIpc) is 2.47. The molecule has 0 spiro atoms. The molecule has 0 fully saturated rings. The van der Waals surface area contributed by atoms with Crippen molar-refractivity contribution in [3.05, 3.63) is 0 Å². The Morgan fingerprint density at radius 3 is 2.00 bits per heavy atom. The van der Waals surface area contributed by atoms with Gasteiger partial charge in [0.1, 0.15) is 0 Å². The van der Waals surface area contributed by atoms with Gasteiger partial charge in [0, 0.05) is 45.8 Å². The molecule has 0 atom stereocenters. The van der Waals surface area contributed by atoms with Crippen molar-refractivity contribution in [2.45, 2.75) is 53.0 Å². The number of amides is 1. The Balaban J connectivity index is 3.35. The lowest BCUT2D eigenvalue weighted by Crippen LogP contribution is -2.30. The lowest BCUT2D eigenvalue weighted by atomic mass is 10.2. The first kappa shape index (κ1) is 22.4. The number of ether oxygens (including phenoxy) is 2. The van der Waals surface area contributed by atoms with Crippen molar-refractivity contribution in [1.29, 1.82) is 0 Å². The number of carbonyl (C=O) groups is 1. The monoisotopic (exact) mass is 330 g/mol. The molecule has 1 amide bonds. The van der Waals surface area contributed by atoms with Crippen LogP contribution in [0.1, 0.15) is 47.0 Å². The van der Waals surface area contributed by atoms with E-state index in [9.17, 15) is 4.79 Å². The van der Waals surface area contributed by atoms with E-state index in [1.54, 1.807) is 0 Å². The van der Waals surface area contributed by atoms with Gasteiger partial charge in [-0.05, 0) is 39.7 Å². The van der Waals surface area contributed by atoms with E-state index in [0.29, 0.717) is 38.2 Å². The van der Waals surface area contributed by atoms with Gasteiger partial charge < -0.3 is 19.3 Å². The predicted octanol–water partition coefficient (Wildman–Crippen LogP) is 2.64. The molecule has 5 nitrogen and oxygen atoms in total. The van der Waals surface area contributed by atoms with E-state index >= 15 is 0 Å². The third-order valence-electron chi connectivity index (χ3n) is 3.80. The smallest absolute Gasteiger partial charge is 0.222 e. The topological polar surface area (TPSA) is 42.0 Å². The molecule has 0 aromatic carbocycles. The summed E-state index contributed by atoms with van der Waals surface area (Å²) < 4.78 is 11.1. The first-order valence-electron chi connectivity index (χ1n) is 8.94. The summed E-state index contributed by atoms with van der Waals surface area (Å²) in [7, 11) is 4.00. The average molecular weight is 331 g/mol. The number of hydrogen-bond donors (Lipinski definition) is 0. The van der Waals surface area contributed by atoms with E-state index in [2.05, 4.69) is 39.6 Å². The zero-order valence-electron chi connectivity index (χ0n) is 16.1. The van der Waals surface area contributed by atoms with Crippen LogP contribution in [-0.2, 0) is 14.3 Å². The minimum absolute atomic E-state index is 0.202. The maximum absolute atomic E-state index is 11.8. The highest BCUT2D eigenvalue weighted by Gasteiger charge is 2.09. The van der Waals surface area contributed by atoms with Crippen molar-refractivity contribution in [3.8, 4) is 0 Å². The Labute approximate surface area is 143 Å². The normalized spacial score (nSPS) is 11.7. The summed E-state index contributed by atoms with van der Waals surface area (Å²) in [4.78, 5) is 16.0. The van der Waals surface area contributed by atoms with Gasteiger partial charge >= 0.3 is 0 Å². The van der Waals surface area contributed by atoms with Crippen molar-refractivity contribution < 1.29 is 14.3 Å². The second-order valence-corrected chi connectivity index (χ2v) is 6.92. The molecule has 0 N–H and O–H groups in total. The Morgan fingerprint density at radius 1 is 0.913 bits per heavy atom. The van der Waals surface area contributed by atoms with Gasteiger partial charge in [0.15, 0.2) is 0 Å². The summed E-state index contributed by atoms with van der Waals surface area (Å²) in [5, 5.41) is 0. The summed E-state index contributed by atoms with van der Waals surface area (Å²) in [6.07, 6.45) is 2.39. The fraction of sp³-hybridized carbons (Fsp3) is 0.944. The van der Waals surface area contributed by atoms with E-state index in [0.717, 1.165) is 32.5 Å². The maximum atomic E-state index is 11.8. The molecule has 5 heteroatoms. The molecule has 0 aromatic rings. The Bertz CT molecular complexity index is 296. The molecule has 0 heterocycles. The highest BCUT2D eigenvalue weighted by atomic mass is 16.5. The van der Waals surface area contributed by atoms with E-state index in [1.165, 1.54) is 0 Å². The Hall–Kier alpha value is -0.650. The van der Waals surface area contributed by atoms with E-state index in [4.69, 9.17) is 9.47 Å². The zero-order valence-corrected chi connectivity index (χ0v) is 16.1. The summed E-state index contributed by atoms with van der Waals surface area (Å²) in [6, 6.07) is 0.584. The van der Waals surface area contributed by atoms with E-state index in [1.807, 2.05) is 11.9 Å². The van der Waals surface area contributed by atoms with E-state index < -0.39 is 0 Å². The molecule has 0 aliphatic rings. The molecule has 138 valence electrons. The van der Waals surface area contributed by atoms with Gasteiger partial charge in [0.2, 0.25) is 5.91 Å². The third-order valence-corrected chi connectivity index (χ3v) is 3.80. The Morgan fingerprint density at radius 2 is 1.48 bits per heavy atom. The maximum Gasteiger partial charge on any atom is 0.222 e. The lowest BCUT2D eigenvalue weighted by molar-refractivity contribution is -0.130. The van der Waals surface area contributed by atoms with Crippen LogP contribution in [0.2, 0.25) is 0 Å². The number of rotatable bonds is 14. The summed E-state index contributed by atoms with van der Waals surface area (Å²) in [6.45, 7) is 13.1.